The predicted molar refractivity (Wildman–Crippen MR) is 114 cm³/mol. The number of piperidine rings is 1. The number of anilines is 3. The molecule has 2 aromatic rings. The summed E-state index contributed by atoms with van der Waals surface area (Å²) in [5.41, 5.74) is 3.04. The molecule has 3 amide bonds. The minimum Gasteiger partial charge on any atom is -0.326 e. The van der Waals surface area contributed by atoms with E-state index in [1.54, 1.807) is 6.07 Å². The Morgan fingerprint density at radius 1 is 0.964 bits per heavy atom. The van der Waals surface area contributed by atoms with Crippen LogP contribution in [0.15, 0.2) is 48.5 Å². The van der Waals surface area contributed by atoms with E-state index in [2.05, 4.69) is 21.3 Å². The molecule has 4 N–H and O–H groups in total. The van der Waals surface area contributed by atoms with Crippen LogP contribution in [0.1, 0.15) is 31.2 Å². The van der Waals surface area contributed by atoms with Gasteiger partial charge in [-0.25, -0.2) is 4.79 Å². The molecule has 1 saturated heterocycles. The Labute approximate surface area is 166 Å². The number of para-hydroxylation sites is 1. The third-order valence-corrected chi connectivity index (χ3v) is 5.04. The van der Waals surface area contributed by atoms with Crippen molar-refractivity contribution >= 4 is 29.0 Å². The summed E-state index contributed by atoms with van der Waals surface area (Å²) < 4.78 is 0. The monoisotopic (exact) mass is 380 g/mol. The second-order valence-electron chi connectivity index (χ2n) is 7.26. The van der Waals surface area contributed by atoms with E-state index in [0.29, 0.717) is 18.0 Å². The van der Waals surface area contributed by atoms with E-state index in [4.69, 9.17) is 0 Å². The number of hydrogen-bond acceptors (Lipinski definition) is 3. The van der Waals surface area contributed by atoms with E-state index in [-0.39, 0.29) is 11.9 Å². The quantitative estimate of drug-likeness (QED) is 0.601. The maximum absolute atomic E-state index is 12.4. The van der Waals surface area contributed by atoms with Crippen molar-refractivity contribution in [3.05, 3.63) is 54.1 Å². The number of carbonyl (C=O) groups is 2. The van der Waals surface area contributed by atoms with Crippen LogP contribution in [-0.4, -0.2) is 25.0 Å². The molecule has 0 aliphatic carbocycles. The van der Waals surface area contributed by atoms with E-state index in [1.807, 2.05) is 49.4 Å². The Bertz CT molecular complexity index is 801. The average molecular weight is 380 g/mol. The molecule has 0 unspecified atom stereocenters. The van der Waals surface area contributed by atoms with Crippen LogP contribution in [0.3, 0.4) is 0 Å². The number of benzene rings is 2. The molecular formula is C22H28N4O2. The summed E-state index contributed by atoms with van der Waals surface area (Å²) in [6, 6.07) is 14.4. The van der Waals surface area contributed by atoms with E-state index in [0.717, 1.165) is 49.3 Å². The minimum atomic E-state index is -0.321. The molecule has 0 bridgehead atoms. The van der Waals surface area contributed by atoms with Gasteiger partial charge in [-0.15, -0.1) is 0 Å². The van der Waals surface area contributed by atoms with Crippen LogP contribution in [0.5, 0.6) is 0 Å². The van der Waals surface area contributed by atoms with E-state index >= 15 is 0 Å². The van der Waals surface area contributed by atoms with Crippen LogP contribution in [0.4, 0.5) is 21.9 Å². The fourth-order valence-electron chi connectivity index (χ4n) is 3.37. The van der Waals surface area contributed by atoms with Crippen LogP contribution in [0.2, 0.25) is 0 Å². The fourth-order valence-corrected chi connectivity index (χ4v) is 3.37. The number of rotatable bonds is 6. The van der Waals surface area contributed by atoms with Gasteiger partial charge in [0.2, 0.25) is 5.91 Å². The first-order valence-corrected chi connectivity index (χ1v) is 9.84. The largest absolute Gasteiger partial charge is 0.326 e. The van der Waals surface area contributed by atoms with Crippen molar-refractivity contribution in [3.8, 4) is 0 Å². The zero-order chi connectivity index (χ0) is 19.8. The average Bonchev–Trinajstić information content (AvgIpc) is 2.70. The lowest BCUT2D eigenvalue weighted by molar-refractivity contribution is -0.116. The lowest BCUT2D eigenvalue weighted by atomic mass is 9.93. The molecule has 1 heterocycles. The summed E-state index contributed by atoms with van der Waals surface area (Å²) in [7, 11) is 0. The highest BCUT2D eigenvalue weighted by atomic mass is 16.2. The van der Waals surface area contributed by atoms with E-state index < -0.39 is 0 Å². The van der Waals surface area contributed by atoms with Crippen molar-refractivity contribution in [3.63, 3.8) is 0 Å². The molecular weight excluding hydrogens is 352 g/mol. The molecule has 148 valence electrons. The summed E-state index contributed by atoms with van der Waals surface area (Å²) in [6.45, 7) is 4.03. The zero-order valence-corrected chi connectivity index (χ0v) is 16.3. The highest BCUT2D eigenvalue weighted by Gasteiger charge is 2.15. The van der Waals surface area contributed by atoms with Gasteiger partial charge in [0.15, 0.2) is 0 Å². The molecule has 3 rings (SSSR count). The molecule has 6 nitrogen and oxygen atoms in total. The highest BCUT2D eigenvalue weighted by molar-refractivity contribution is 6.00. The first-order valence-electron chi connectivity index (χ1n) is 9.84. The third-order valence-electron chi connectivity index (χ3n) is 5.04. The minimum absolute atomic E-state index is 0.0209. The SMILES string of the molecule is Cc1ccc(NC(=O)Nc2ccccc2)cc1NC(=O)CCC1CCNCC1. The summed E-state index contributed by atoms with van der Waals surface area (Å²) >= 11 is 0. The van der Waals surface area contributed by atoms with Gasteiger partial charge >= 0.3 is 6.03 Å². The van der Waals surface area contributed by atoms with E-state index in [1.165, 1.54) is 0 Å². The van der Waals surface area contributed by atoms with Gasteiger partial charge in [0.25, 0.3) is 0 Å². The molecule has 1 aliphatic heterocycles. The van der Waals surface area contributed by atoms with Crippen molar-refractivity contribution < 1.29 is 9.59 Å². The van der Waals surface area contributed by atoms with Crippen LogP contribution in [0.25, 0.3) is 0 Å². The Kier molecular flexibility index (Phi) is 7.03. The maximum Gasteiger partial charge on any atom is 0.323 e. The van der Waals surface area contributed by atoms with Crippen LogP contribution in [-0.2, 0) is 4.79 Å². The second kappa shape index (κ2) is 9.90. The number of urea groups is 1. The number of hydrogen-bond donors (Lipinski definition) is 4. The Hall–Kier alpha value is -2.86. The Morgan fingerprint density at radius 3 is 2.43 bits per heavy atom. The molecule has 0 radical (unpaired) electrons. The number of nitrogens with one attached hydrogen (secondary N) is 4. The van der Waals surface area contributed by atoms with Gasteiger partial charge in [0, 0.05) is 23.5 Å². The van der Waals surface area contributed by atoms with Crippen molar-refractivity contribution in [1.82, 2.24) is 5.32 Å². The molecule has 0 atom stereocenters. The lowest BCUT2D eigenvalue weighted by Gasteiger charge is -2.22. The van der Waals surface area contributed by atoms with Gasteiger partial charge in [-0.05, 0) is 75.0 Å². The number of aryl methyl sites for hydroxylation is 1. The summed E-state index contributed by atoms with van der Waals surface area (Å²) in [4.78, 5) is 24.5. The summed E-state index contributed by atoms with van der Waals surface area (Å²) in [5, 5.41) is 11.9. The molecule has 1 aliphatic rings. The normalized spacial score (nSPS) is 14.3. The molecule has 1 fully saturated rings. The van der Waals surface area contributed by atoms with Gasteiger partial charge in [-0.2, -0.15) is 0 Å². The molecule has 0 saturated carbocycles. The van der Waals surface area contributed by atoms with Gasteiger partial charge < -0.3 is 21.3 Å². The van der Waals surface area contributed by atoms with E-state index in [9.17, 15) is 9.59 Å². The van der Waals surface area contributed by atoms with Gasteiger partial charge in [0.1, 0.15) is 0 Å². The highest BCUT2D eigenvalue weighted by Crippen LogP contribution is 2.22. The van der Waals surface area contributed by atoms with Crippen molar-refractivity contribution in [2.75, 3.05) is 29.0 Å². The first-order chi connectivity index (χ1) is 13.6. The molecule has 0 spiro atoms. The lowest BCUT2D eigenvalue weighted by Crippen LogP contribution is -2.28. The Morgan fingerprint density at radius 2 is 1.68 bits per heavy atom. The van der Waals surface area contributed by atoms with Crippen LogP contribution >= 0.6 is 0 Å². The van der Waals surface area contributed by atoms with Gasteiger partial charge in [0.05, 0.1) is 0 Å². The summed E-state index contributed by atoms with van der Waals surface area (Å²) in [5.74, 6) is 0.648. The molecule has 2 aromatic carbocycles. The topological polar surface area (TPSA) is 82.3 Å². The third kappa shape index (κ3) is 6.09. The van der Waals surface area contributed by atoms with Crippen LogP contribution in [0, 0.1) is 12.8 Å². The first kappa shape index (κ1) is 19.9. The van der Waals surface area contributed by atoms with Crippen molar-refractivity contribution in [2.24, 2.45) is 5.92 Å². The number of carbonyl (C=O) groups excluding carboxylic acids is 2. The smallest absolute Gasteiger partial charge is 0.323 e. The molecule has 6 heteroatoms. The van der Waals surface area contributed by atoms with Crippen molar-refractivity contribution in [1.29, 1.82) is 0 Å². The maximum atomic E-state index is 12.4. The molecule has 0 aromatic heterocycles. The fraction of sp³-hybridized carbons (Fsp3) is 0.364. The predicted octanol–water partition coefficient (Wildman–Crippen LogP) is 4.36. The van der Waals surface area contributed by atoms with Crippen LogP contribution < -0.4 is 21.3 Å². The Balaban J connectivity index is 1.53. The summed E-state index contributed by atoms with van der Waals surface area (Å²) in [6.07, 6.45) is 3.73. The number of amides is 3. The van der Waals surface area contributed by atoms with Gasteiger partial charge in [-0.1, -0.05) is 24.3 Å². The van der Waals surface area contributed by atoms with Gasteiger partial charge in [-0.3, -0.25) is 4.79 Å². The second-order valence-corrected chi connectivity index (χ2v) is 7.26. The standard InChI is InChI=1S/C22H28N4O2/c1-16-7-9-19(25-22(28)24-18-5-3-2-4-6-18)15-20(16)26-21(27)10-8-17-11-13-23-14-12-17/h2-7,9,15,17,23H,8,10-14H2,1H3,(H,26,27)(H2,24,25,28). The van der Waals surface area contributed by atoms with Crippen molar-refractivity contribution in [2.45, 2.75) is 32.6 Å². The zero-order valence-electron chi connectivity index (χ0n) is 16.3. The molecule has 28 heavy (non-hydrogen) atoms.